The molecule has 2 aromatic carbocycles. The van der Waals surface area contributed by atoms with Crippen LogP contribution in [0.25, 0.3) is 0 Å². The maximum atomic E-state index is 5.87. The smallest absolute Gasteiger partial charge is 0.141 e. The first kappa shape index (κ1) is 15.5. The van der Waals surface area contributed by atoms with Crippen LogP contribution in [0, 0.1) is 0 Å². The number of ether oxygens (including phenoxy) is 1. The quantitative estimate of drug-likeness (QED) is 0.717. The van der Waals surface area contributed by atoms with Crippen LogP contribution in [0.4, 0.5) is 0 Å². The molecule has 0 atom stereocenters. The Balaban J connectivity index is 2.09. The van der Waals surface area contributed by atoms with E-state index in [0.717, 1.165) is 27.0 Å². The van der Waals surface area contributed by atoms with E-state index in [0.29, 0.717) is 6.04 Å². The molecule has 0 unspecified atom stereocenters. The molecule has 0 amide bonds. The van der Waals surface area contributed by atoms with Crippen molar-refractivity contribution in [1.82, 2.24) is 5.32 Å². The summed E-state index contributed by atoms with van der Waals surface area (Å²) in [4.78, 5) is 0. The molecule has 106 valence electrons. The molecule has 2 nitrogen and oxygen atoms in total. The number of halogens is 2. The second-order valence-electron chi connectivity index (χ2n) is 4.86. The van der Waals surface area contributed by atoms with Crippen molar-refractivity contribution in [3.05, 3.63) is 57.0 Å². The van der Waals surface area contributed by atoms with E-state index in [9.17, 15) is 0 Å². The average molecular weight is 399 g/mol. The number of benzene rings is 2. The fraction of sp³-hybridized carbons (Fsp3) is 0.250. The summed E-state index contributed by atoms with van der Waals surface area (Å²) in [6.07, 6.45) is 0. The number of nitrogens with one attached hydrogen (secondary N) is 1. The zero-order valence-corrected chi connectivity index (χ0v) is 14.7. The van der Waals surface area contributed by atoms with Crippen molar-refractivity contribution in [2.45, 2.75) is 26.4 Å². The van der Waals surface area contributed by atoms with Gasteiger partial charge in [-0.3, -0.25) is 0 Å². The number of rotatable bonds is 5. The Morgan fingerprint density at radius 1 is 1.10 bits per heavy atom. The van der Waals surface area contributed by atoms with Gasteiger partial charge in [-0.15, -0.1) is 0 Å². The molecule has 20 heavy (non-hydrogen) atoms. The lowest BCUT2D eigenvalue weighted by molar-refractivity contribution is 0.478. The Hall–Kier alpha value is -0.840. The van der Waals surface area contributed by atoms with E-state index < -0.39 is 0 Å². The highest BCUT2D eigenvalue weighted by atomic mass is 79.9. The second-order valence-corrected chi connectivity index (χ2v) is 6.63. The van der Waals surface area contributed by atoms with Gasteiger partial charge in [0.25, 0.3) is 0 Å². The fourth-order valence-electron chi connectivity index (χ4n) is 1.72. The molecule has 1 N–H and O–H groups in total. The standard InChI is InChI=1S/C16H17Br2NO/c1-11(2)19-10-12-6-7-16(15(18)8-12)20-14-5-3-4-13(17)9-14/h3-9,11,19H,10H2,1-2H3. The van der Waals surface area contributed by atoms with Crippen molar-refractivity contribution in [3.8, 4) is 11.5 Å². The molecule has 4 heteroatoms. The lowest BCUT2D eigenvalue weighted by Crippen LogP contribution is -2.21. The average Bonchev–Trinajstić information content (AvgIpc) is 2.39. The maximum absolute atomic E-state index is 5.87. The Labute approximate surface area is 136 Å². The van der Waals surface area contributed by atoms with Crippen molar-refractivity contribution in [3.63, 3.8) is 0 Å². The predicted octanol–water partition coefficient (Wildman–Crippen LogP) is 5.50. The summed E-state index contributed by atoms with van der Waals surface area (Å²) in [5.41, 5.74) is 1.23. The molecule has 0 spiro atoms. The van der Waals surface area contributed by atoms with E-state index in [1.165, 1.54) is 5.56 Å². The van der Waals surface area contributed by atoms with Gasteiger partial charge >= 0.3 is 0 Å². The van der Waals surface area contributed by atoms with Crippen molar-refractivity contribution >= 4 is 31.9 Å². The lowest BCUT2D eigenvalue weighted by Gasteiger charge is -2.11. The SMILES string of the molecule is CC(C)NCc1ccc(Oc2cccc(Br)c2)c(Br)c1. The molecule has 0 bridgehead atoms. The molecule has 0 saturated carbocycles. The van der Waals surface area contributed by atoms with Gasteiger partial charge in [0.2, 0.25) is 0 Å². The topological polar surface area (TPSA) is 21.3 Å². The van der Waals surface area contributed by atoms with Crippen molar-refractivity contribution < 1.29 is 4.74 Å². The summed E-state index contributed by atoms with van der Waals surface area (Å²) in [7, 11) is 0. The molecule has 2 rings (SSSR count). The van der Waals surface area contributed by atoms with Crippen LogP contribution in [0.1, 0.15) is 19.4 Å². The first-order valence-electron chi connectivity index (χ1n) is 6.50. The monoisotopic (exact) mass is 397 g/mol. The Kier molecular flexibility index (Phi) is 5.64. The molecule has 0 aliphatic carbocycles. The molecule has 0 aliphatic rings. The van der Waals surface area contributed by atoms with Crippen molar-refractivity contribution in [2.24, 2.45) is 0 Å². The number of hydrogen-bond donors (Lipinski definition) is 1. The van der Waals surface area contributed by atoms with Gasteiger partial charge in [-0.05, 0) is 51.8 Å². The van der Waals surface area contributed by atoms with E-state index in [1.54, 1.807) is 0 Å². The highest BCUT2D eigenvalue weighted by molar-refractivity contribution is 9.10. The highest BCUT2D eigenvalue weighted by Crippen LogP contribution is 2.31. The molecule has 0 saturated heterocycles. The molecule has 0 radical (unpaired) electrons. The van der Waals surface area contributed by atoms with Gasteiger partial charge in [0.05, 0.1) is 4.47 Å². The maximum Gasteiger partial charge on any atom is 0.141 e. The minimum Gasteiger partial charge on any atom is -0.456 e. The van der Waals surface area contributed by atoms with Gasteiger partial charge in [0, 0.05) is 17.1 Å². The molecular weight excluding hydrogens is 382 g/mol. The largest absolute Gasteiger partial charge is 0.456 e. The summed E-state index contributed by atoms with van der Waals surface area (Å²) < 4.78 is 7.84. The molecule has 0 fully saturated rings. The third-order valence-electron chi connectivity index (χ3n) is 2.73. The van der Waals surface area contributed by atoms with Crippen LogP contribution >= 0.6 is 31.9 Å². The van der Waals surface area contributed by atoms with Crippen molar-refractivity contribution in [2.75, 3.05) is 0 Å². The van der Waals surface area contributed by atoms with Crippen LogP contribution in [-0.4, -0.2) is 6.04 Å². The Bertz CT molecular complexity index is 584. The van der Waals surface area contributed by atoms with Crippen LogP contribution in [0.15, 0.2) is 51.4 Å². The van der Waals surface area contributed by atoms with E-state index in [4.69, 9.17) is 4.74 Å². The number of hydrogen-bond acceptors (Lipinski definition) is 2. The van der Waals surface area contributed by atoms with E-state index in [1.807, 2.05) is 30.3 Å². The summed E-state index contributed by atoms with van der Waals surface area (Å²) in [5, 5.41) is 3.40. The lowest BCUT2D eigenvalue weighted by atomic mass is 10.2. The third-order valence-corrected chi connectivity index (χ3v) is 3.85. The van der Waals surface area contributed by atoms with Gasteiger partial charge < -0.3 is 10.1 Å². The van der Waals surface area contributed by atoms with Crippen LogP contribution in [0.2, 0.25) is 0 Å². The molecule has 2 aromatic rings. The predicted molar refractivity (Wildman–Crippen MR) is 90.3 cm³/mol. The summed E-state index contributed by atoms with van der Waals surface area (Å²) in [5.74, 6) is 1.63. The summed E-state index contributed by atoms with van der Waals surface area (Å²) >= 11 is 7.01. The zero-order valence-electron chi connectivity index (χ0n) is 11.5. The Morgan fingerprint density at radius 2 is 1.90 bits per heavy atom. The normalized spacial score (nSPS) is 10.8. The van der Waals surface area contributed by atoms with Gasteiger partial charge in [0.1, 0.15) is 11.5 Å². The molecule has 0 heterocycles. The summed E-state index contributed by atoms with van der Waals surface area (Å²) in [6, 6.07) is 14.4. The first-order chi connectivity index (χ1) is 9.54. The van der Waals surface area contributed by atoms with Gasteiger partial charge in [-0.2, -0.15) is 0 Å². The van der Waals surface area contributed by atoms with Crippen LogP contribution in [0.5, 0.6) is 11.5 Å². The van der Waals surface area contributed by atoms with E-state index >= 15 is 0 Å². The first-order valence-corrected chi connectivity index (χ1v) is 8.08. The second kappa shape index (κ2) is 7.25. The van der Waals surface area contributed by atoms with Gasteiger partial charge in [0.15, 0.2) is 0 Å². The fourth-order valence-corrected chi connectivity index (χ4v) is 2.60. The van der Waals surface area contributed by atoms with E-state index in [2.05, 4.69) is 63.2 Å². The minimum absolute atomic E-state index is 0.478. The molecular formula is C16H17Br2NO. The van der Waals surface area contributed by atoms with Crippen LogP contribution < -0.4 is 10.1 Å². The minimum atomic E-state index is 0.478. The van der Waals surface area contributed by atoms with Gasteiger partial charge in [-0.25, -0.2) is 0 Å². The van der Waals surface area contributed by atoms with Crippen LogP contribution in [-0.2, 0) is 6.54 Å². The van der Waals surface area contributed by atoms with Crippen LogP contribution in [0.3, 0.4) is 0 Å². The zero-order chi connectivity index (χ0) is 14.5. The highest BCUT2D eigenvalue weighted by Gasteiger charge is 2.05. The molecule has 0 aromatic heterocycles. The molecule has 0 aliphatic heterocycles. The van der Waals surface area contributed by atoms with Gasteiger partial charge in [-0.1, -0.05) is 41.9 Å². The van der Waals surface area contributed by atoms with E-state index in [-0.39, 0.29) is 0 Å². The third kappa shape index (κ3) is 4.62. The van der Waals surface area contributed by atoms with Crippen molar-refractivity contribution in [1.29, 1.82) is 0 Å². The summed E-state index contributed by atoms with van der Waals surface area (Å²) in [6.45, 7) is 5.13. The Morgan fingerprint density at radius 3 is 2.55 bits per heavy atom.